The predicted octanol–water partition coefficient (Wildman–Crippen LogP) is 2.48. The Morgan fingerprint density at radius 3 is 2.94 bits per heavy atom. The number of hydrogen-bond donors (Lipinski definition) is 1. The lowest BCUT2D eigenvalue weighted by Gasteiger charge is -2.07. The van der Waals surface area contributed by atoms with Crippen molar-refractivity contribution in [1.29, 1.82) is 0 Å². The van der Waals surface area contributed by atoms with Crippen molar-refractivity contribution in [2.45, 2.75) is 20.3 Å². The van der Waals surface area contributed by atoms with Gasteiger partial charge >= 0.3 is 0 Å². The molecule has 0 aliphatic heterocycles. The number of nitrogens with one attached hydrogen (secondary N) is 1. The van der Waals surface area contributed by atoms with Gasteiger partial charge in [-0.05, 0) is 24.9 Å². The molecule has 0 atom stereocenters. The minimum absolute atomic E-state index is 0.236. The van der Waals surface area contributed by atoms with E-state index in [-0.39, 0.29) is 5.28 Å². The lowest BCUT2D eigenvalue weighted by Crippen LogP contribution is -1.99. The second-order valence-electron chi connectivity index (χ2n) is 3.81. The summed E-state index contributed by atoms with van der Waals surface area (Å²) in [6.45, 7) is 3.99. The van der Waals surface area contributed by atoms with Gasteiger partial charge in [0.05, 0.1) is 11.4 Å². The molecule has 0 saturated carbocycles. The summed E-state index contributed by atoms with van der Waals surface area (Å²) >= 11 is 5.78. The van der Waals surface area contributed by atoms with Crippen LogP contribution in [0.3, 0.4) is 0 Å². The minimum Gasteiger partial charge on any atom is -0.337 e. The average Bonchev–Trinajstić information content (AvgIpc) is 2.64. The van der Waals surface area contributed by atoms with Crippen LogP contribution in [-0.4, -0.2) is 19.7 Å². The molecule has 90 valence electrons. The van der Waals surface area contributed by atoms with E-state index >= 15 is 0 Å². The lowest BCUT2D eigenvalue weighted by molar-refractivity contribution is 0.746. The fourth-order valence-corrected chi connectivity index (χ4v) is 1.71. The standard InChI is InChI=1S/C11H14ClN5/c1-4-8-9(6-17(3)16-8)14-10-7(2)5-13-11(12)15-10/h5-6H,4H2,1-3H3,(H,13,14,15). The molecular weight excluding hydrogens is 238 g/mol. The molecule has 6 heteroatoms. The van der Waals surface area contributed by atoms with Crippen LogP contribution in [0.2, 0.25) is 5.28 Å². The van der Waals surface area contributed by atoms with Crippen molar-refractivity contribution in [3.05, 3.63) is 28.9 Å². The third kappa shape index (κ3) is 2.55. The predicted molar refractivity (Wildman–Crippen MR) is 67.6 cm³/mol. The van der Waals surface area contributed by atoms with Crippen molar-refractivity contribution in [3.8, 4) is 0 Å². The first-order valence-corrected chi connectivity index (χ1v) is 5.76. The van der Waals surface area contributed by atoms with Gasteiger partial charge in [-0.15, -0.1) is 0 Å². The summed E-state index contributed by atoms with van der Waals surface area (Å²) in [6.07, 6.45) is 4.48. The summed E-state index contributed by atoms with van der Waals surface area (Å²) in [4.78, 5) is 8.08. The Hall–Kier alpha value is -1.62. The Kier molecular flexibility index (Phi) is 3.28. The molecule has 2 heterocycles. The fourth-order valence-electron chi connectivity index (χ4n) is 1.57. The van der Waals surface area contributed by atoms with Crippen molar-refractivity contribution >= 4 is 23.1 Å². The molecule has 2 aromatic rings. The van der Waals surface area contributed by atoms with Crippen molar-refractivity contribution in [1.82, 2.24) is 19.7 Å². The number of aryl methyl sites for hydroxylation is 3. The molecule has 1 N–H and O–H groups in total. The quantitative estimate of drug-likeness (QED) is 0.852. The van der Waals surface area contributed by atoms with Gasteiger partial charge < -0.3 is 5.32 Å². The van der Waals surface area contributed by atoms with Gasteiger partial charge in [0.25, 0.3) is 0 Å². The fraction of sp³-hybridized carbons (Fsp3) is 0.364. The van der Waals surface area contributed by atoms with Crippen molar-refractivity contribution in [3.63, 3.8) is 0 Å². The third-order valence-electron chi connectivity index (χ3n) is 2.44. The third-order valence-corrected chi connectivity index (χ3v) is 2.62. The van der Waals surface area contributed by atoms with Crippen molar-refractivity contribution in [2.75, 3.05) is 5.32 Å². The molecule has 0 unspecified atom stereocenters. The van der Waals surface area contributed by atoms with E-state index in [1.165, 1.54) is 0 Å². The van der Waals surface area contributed by atoms with Gasteiger partial charge in [-0.1, -0.05) is 6.92 Å². The molecule has 0 aliphatic carbocycles. The Morgan fingerprint density at radius 2 is 2.24 bits per heavy atom. The first-order chi connectivity index (χ1) is 8.10. The highest BCUT2D eigenvalue weighted by atomic mass is 35.5. The lowest BCUT2D eigenvalue weighted by atomic mass is 10.3. The summed E-state index contributed by atoms with van der Waals surface area (Å²) in [6, 6.07) is 0. The molecule has 0 aliphatic rings. The summed E-state index contributed by atoms with van der Waals surface area (Å²) < 4.78 is 1.78. The Morgan fingerprint density at radius 1 is 1.47 bits per heavy atom. The maximum absolute atomic E-state index is 5.78. The topological polar surface area (TPSA) is 55.6 Å². The monoisotopic (exact) mass is 251 g/mol. The van der Waals surface area contributed by atoms with E-state index in [0.29, 0.717) is 5.82 Å². The van der Waals surface area contributed by atoms with Crippen molar-refractivity contribution in [2.24, 2.45) is 7.05 Å². The molecule has 2 aromatic heterocycles. The van der Waals surface area contributed by atoms with Crippen LogP contribution in [0.4, 0.5) is 11.5 Å². The molecule has 0 fully saturated rings. The molecule has 17 heavy (non-hydrogen) atoms. The number of anilines is 2. The number of nitrogens with zero attached hydrogens (tertiary/aromatic N) is 4. The van der Waals surface area contributed by atoms with Crippen LogP contribution >= 0.6 is 11.6 Å². The van der Waals surface area contributed by atoms with Crippen LogP contribution in [0.25, 0.3) is 0 Å². The Bertz CT molecular complexity index is 535. The zero-order chi connectivity index (χ0) is 12.4. The molecule has 5 nitrogen and oxygen atoms in total. The number of hydrogen-bond acceptors (Lipinski definition) is 4. The second-order valence-corrected chi connectivity index (χ2v) is 4.15. The highest BCUT2D eigenvalue weighted by Gasteiger charge is 2.09. The van der Waals surface area contributed by atoms with E-state index in [1.54, 1.807) is 10.9 Å². The maximum Gasteiger partial charge on any atom is 0.224 e. The highest BCUT2D eigenvalue weighted by Crippen LogP contribution is 2.21. The first kappa shape index (κ1) is 11.9. The smallest absolute Gasteiger partial charge is 0.224 e. The van der Waals surface area contributed by atoms with Crippen LogP contribution in [-0.2, 0) is 13.5 Å². The normalized spacial score (nSPS) is 10.6. The van der Waals surface area contributed by atoms with Gasteiger partial charge in [0, 0.05) is 25.0 Å². The van der Waals surface area contributed by atoms with E-state index < -0.39 is 0 Å². The van der Waals surface area contributed by atoms with E-state index in [4.69, 9.17) is 11.6 Å². The molecule has 0 bridgehead atoms. The van der Waals surface area contributed by atoms with E-state index in [2.05, 4.69) is 27.3 Å². The van der Waals surface area contributed by atoms with Crippen LogP contribution in [0, 0.1) is 6.92 Å². The van der Waals surface area contributed by atoms with Crippen molar-refractivity contribution < 1.29 is 0 Å². The van der Waals surface area contributed by atoms with Gasteiger partial charge in [0.15, 0.2) is 0 Å². The molecule has 2 rings (SSSR count). The van der Waals surface area contributed by atoms with Crippen LogP contribution in [0.1, 0.15) is 18.2 Å². The largest absolute Gasteiger partial charge is 0.337 e. The first-order valence-electron chi connectivity index (χ1n) is 5.39. The maximum atomic E-state index is 5.78. The van der Waals surface area contributed by atoms with E-state index in [9.17, 15) is 0 Å². The number of halogens is 1. The Labute approximate surface area is 105 Å². The van der Waals surface area contributed by atoms with Gasteiger partial charge in [-0.2, -0.15) is 5.10 Å². The molecular formula is C11H14ClN5. The summed E-state index contributed by atoms with van der Waals surface area (Å²) in [5.74, 6) is 0.715. The Balaban J connectivity index is 2.33. The van der Waals surface area contributed by atoms with E-state index in [1.807, 2.05) is 20.2 Å². The summed E-state index contributed by atoms with van der Waals surface area (Å²) in [5, 5.41) is 7.83. The average molecular weight is 252 g/mol. The minimum atomic E-state index is 0.236. The molecule has 0 radical (unpaired) electrons. The van der Waals surface area contributed by atoms with Gasteiger partial charge in [-0.25, -0.2) is 9.97 Å². The molecule has 0 saturated heterocycles. The van der Waals surface area contributed by atoms with Crippen LogP contribution in [0.15, 0.2) is 12.4 Å². The molecule has 0 amide bonds. The molecule has 0 spiro atoms. The van der Waals surface area contributed by atoms with Gasteiger partial charge in [0.1, 0.15) is 5.82 Å². The van der Waals surface area contributed by atoms with Gasteiger partial charge in [-0.3, -0.25) is 4.68 Å². The van der Waals surface area contributed by atoms with Crippen LogP contribution < -0.4 is 5.32 Å². The highest BCUT2D eigenvalue weighted by molar-refractivity contribution is 6.28. The molecule has 0 aromatic carbocycles. The summed E-state index contributed by atoms with van der Waals surface area (Å²) in [7, 11) is 1.89. The number of rotatable bonds is 3. The number of aromatic nitrogens is 4. The summed E-state index contributed by atoms with van der Waals surface area (Å²) in [5.41, 5.74) is 2.90. The van der Waals surface area contributed by atoms with Crippen LogP contribution in [0.5, 0.6) is 0 Å². The van der Waals surface area contributed by atoms with Gasteiger partial charge in [0.2, 0.25) is 5.28 Å². The zero-order valence-corrected chi connectivity index (χ0v) is 10.8. The zero-order valence-electron chi connectivity index (χ0n) is 10.0. The van der Waals surface area contributed by atoms with E-state index in [0.717, 1.165) is 23.4 Å². The second kappa shape index (κ2) is 4.71. The SMILES string of the molecule is CCc1nn(C)cc1Nc1nc(Cl)ncc1C.